The number of pyridine rings is 1. The summed E-state index contributed by atoms with van der Waals surface area (Å²) in [7, 11) is 0. The van der Waals surface area contributed by atoms with Crippen LogP contribution in [0.25, 0.3) is 0 Å². The Morgan fingerprint density at radius 1 is 1.25 bits per heavy atom. The maximum atomic E-state index is 9.43. The highest BCUT2D eigenvalue weighted by Gasteiger charge is 2.31. The summed E-state index contributed by atoms with van der Waals surface area (Å²) >= 11 is 16.4. The zero-order chi connectivity index (χ0) is 9.19. The molecule has 0 fully saturated rings. The molecule has 0 saturated carbocycles. The molecule has 1 heterocycles. The highest BCUT2D eigenvalue weighted by Crippen LogP contribution is 2.39. The average molecular weight is 226 g/mol. The molecular formula is C7H6Cl3NO. The number of hydrogen-bond acceptors (Lipinski definition) is 2. The summed E-state index contributed by atoms with van der Waals surface area (Å²) < 4.78 is -1.69. The van der Waals surface area contributed by atoms with Gasteiger partial charge in [-0.25, -0.2) is 0 Å². The van der Waals surface area contributed by atoms with Crippen LogP contribution in [-0.4, -0.2) is 13.9 Å². The van der Waals surface area contributed by atoms with Crippen LogP contribution in [-0.2, 0) is 0 Å². The second-order valence-electron chi connectivity index (χ2n) is 2.22. The first-order chi connectivity index (χ1) is 5.52. The summed E-state index contributed by atoms with van der Waals surface area (Å²) in [5.74, 6) is 0. The number of alkyl halides is 3. The molecule has 66 valence electrons. The van der Waals surface area contributed by atoms with Crippen molar-refractivity contribution in [3.05, 3.63) is 30.1 Å². The molecule has 12 heavy (non-hydrogen) atoms. The highest BCUT2D eigenvalue weighted by atomic mass is 35.6. The zero-order valence-corrected chi connectivity index (χ0v) is 8.18. The molecule has 0 saturated heterocycles. The van der Waals surface area contributed by atoms with Gasteiger partial charge in [0.2, 0.25) is 3.79 Å². The molecule has 0 bridgehead atoms. The van der Waals surface area contributed by atoms with Crippen molar-refractivity contribution in [2.75, 3.05) is 0 Å². The molecule has 2 nitrogen and oxygen atoms in total. The lowest BCUT2D eigenvalue weighted by Crippen LogP contribution is -2.16. The number of aliphatic hydroxyl groups excluding tert-OH is 1. The number of hydrogen-bond donors (Lipinski definition) is 1. The summed E-state index contributed by atoms with van der Waals surface area (Å²) in [6.45, 7) is 0. The van der Waals surface area contributed by atoms with Gasteiger partial charge >= 0.3 is 0 Å². The fraction of sp³-hybridized carbons (Fsp3) is 0.286. The third-order valence-electron chi connectivity index (χ3n) is 1.33. The maximum absolute atomic E-state index is 9.43. The molecule has 0 spiro atoms. The Morgan fingerprint density at radius 2 is 1.75 bits per heavy atom. The number of aliphatic hydroxyl groups is 1. The van der Waals surface area contributed by atoms with E-state index < -0.39 is 9.90 Å². The lowest BCUT2D eigenvalue weighted by atomic mass is 10.2. The Morgan fingerprint density at radius 3 is 2.17 bits per heavy atom. The van der Waals surface area contributed by atoms with E-state index in [0.29, 0.717) is 5.56 Å². The second kappa shape index (κ2) is 3.79. The van der Waals surface area contributed by atoms with E-state index in [1.807, 2.05) is 0 Å². The third-order valence-corrected chi connectivity index (χ3v) is 1.95. The molecule has 0 unspecified atom stereocenters. The Bertz CT molecular complexity index is 247. The predicted molar refractivity (Wildman–Crippen MR) is 49.5 cm³/mol. The summed E-state index contributed by atoms with van der Waals surface area (Å²) in [4.78, 5) is 3.77. The van der Waals surface area contributed by atoms with Crippen molar-refractivity contribution in [3.63, 3.8) is 0 Å². The molecule has 0 aromatic carbocycles. The van der Waals surface area contributed by atoms with E-state index in [1.165, 1.54) is 12.4 Å². The van der Waals surface area contributed by atoms with Crippen LogP contribution in [0.15, 0.2) is 24.5 Å². The maximum Gasteiger partial charge on any atom is 0.220 e. The van der Waals surface area contributed by atoms with Crippen LogP contribution in [0.2, 0.25) is 0 Å². The van der Waals surface area contributed by atoms with E-state index in [1.54, 1.807) is 12.1 Å². The molecule has 0 aliphatic heterocycles. The van der Waals surface area contributed by atoms with E-state index >= 15 is 0 Å². The van der Waals surface area contributed by atoms with Crippen molar-refractivity contribution in [2.45, 2.75) is 9.90 Å². The monoisotopic (exact) mass is 225 g/mol. The minimum Gasteiger partial charge on any atom is -0.384 e. The van der Waals surface area contributed by atoms with Gasteiger partial charge in [0.05, 0.1) is 0 Å². The van der Waals surface area contributed by atoms with Gasteiger partial charge in [-0.3, -0.25) is 4.98 Å². The molecule has 0 aliphatic rings. The van der Waals surface area contributed by atoms with Gasteiger partial charge in [0, 0.05) is 12.4 Å². The first-order valence-corrected chi connectivity index (χ1v) is 4.30. The molecule has 1 rings (SSSR count). The molecule has 1 N–H and O–H groups in total. The minimum atomic E-state index is -1.69. The van der Waals surface area contributed by atoms with Crippen LogP contribution < -0.4 is 0 Å². The molecule has 0 amide bonds. The molecule has 0 radical (unpaired) electrons. The molecule has 1 aromatic heterocycles. The van der Waals surface area contributed by atoms with E-state index in [4.69, 9.17) is 34.8 Å². The van der Waals surface area contributed by atoms with Crippen molar-refractivity contribution in [1.29, 1.82) is 0 Å². The first-order valence-electron chi connectivity index (χ1n) is 3.16. The Labute approximate surface area is 85.1 Å². The van der Waals surface area contributed by atoms with Gasteiger partial charge in [-0.2, -0.15) is 0 Å². The van der Waals surface area contributed by atoms with Gasteiger partial charge in [0.25, 0.3) is 0 Å². The fourth-order valence-corrected chi connectivity index (χ4v) is 1.11. The van der Waals surface area contributed by atoms with Crippen LogP contribution in [0.4, 0.5) is 0 Å². The first kappa shape index (κ1) is 10.1. The van der Waals surface area contributed by atoms with Crippen LogP contribution in [0.1, 0.15) is 11.7 Å². The summed E-state index contributed by atoms with van der Waals surface area (Å²) in [6.07, 6.45) is 1.93. The summed E-state index contributed by atoms with van der Waals surface area (Å²) in [5, 5.41) is 9.43. The van der Waals surface area contributed by atoms with E-state index in [-0.39, 0.29) is 0 Å². The van der Waals surface area contributed by atoms with E-state index in [2.05, 4.69) is 4.98 Å². The number of nitrogens with zero attached hydrogens (tertiary/aromatic N) is 1. The van der Waals surface area contributed by atoms with Gasteiger partial charge in [0.1, 0.15) is 6.10 Å². The molecule has 1 atom stereocenters. The Kier molecular flexibility index (Phi) is 3.18. The Balaban J connectivity index is 2.86. The minimum absolute atomic E-state index is 0.532. The van der Waals surface area contributed by atoms with Crippen molar-refractivity contribution < 1.29 is 5.11 Å². The Hall–Kier alpha value is -0.0200. The van der Waals surface area contributed by atoms with Crippen molar-refractivity contribution in [2.24, 2.45) is 0 Å². The SMILES string of the molecule is O[C@@H](c1ccncc1)C(Cl)(Cl)Cl. The molecular weight excluding hydrogens is 220 g/mol. The highest BCUT2D eigenvalue weighted by molar-refractivity contribution is 6.67. The average Bonchev–Trinajstić information content (AvgIpc) is 2.03. The van der Waals surface area contributed by atoms with Crippen LogP contribution >= 0.6 is 34.8 Å². The zero-order valence-electron chi connectivity index (χ0n) is 5.92. The third kappa shape index (κ3) is 2.49. The largest absolute Gasteiger partial charge is 0.384 e. The topological polar surface area (TPSA) is 33.1 Å². The van der Waals surface area contributed by atoms with Gasteiger partial charge in [-0.05, 0) is 17.7 Å². The quantitative estimate of drug-likeness (QED) is 0.746. The normalized spacial score (nSPS) is 14.3. The second-order valence-corrected chi connectivity index (χ2v) is 4.59. The lowest BCUT2D eigenvalue weighted by molar-refractivity contribution is 0.182. The van der Waals surface area contributed by atoms with Gasteiger partial charge in [-0.15, -0.1) is 0 Å². The number of rotatable bonds is 1. The summed E-state index contributed by atoms with van der Waals surface area (Å²) in [5.41, 5.74) is 0.532. The van der Waals surface area contributed by atoms with Crippen molar-refractivity contribution in [3.8, 4) is 0 Å². The van der Waals surface area contributed by atoms with E-state index in [9.17, 15) is 5.11 Å². The standard InChI is InChI=1S/C7H6Cl3NO/c8-7(9,10)6(12)5-1-3-11-4-2-5/h1-4,6,12H/t6-/m0/s1. The van der Waals surface area contributed by atoms with Crippen LogP contribution in [0.3, 0.4) is 0 Å². The fourth-order valence-electron chi connectivity index (χ4n) is 0.735. The molecule has 0 aliphatic carbocycles. The van der Waals surface area contributed by atoms with Crippen LogP contribution in [0.5, 0.6) is 0 Å². The predicted octanol–water partition coefficient (Wildman–Crippen LogP) is 2.49. The number of halogens is 3. The van der Waals surface area contributed by atoms with Crippen LogP contribution in [0, 0.1) is 0 Å². The van der Waals surface area contributed by atoms with Gasteiger partial charge in [0.15, 0.2) is 0 Å². The van der Waals surface area contributed by atoms with Gasteiger partial charge in [-0.1, -0.05) is 34.8 Å². The van der Waals surface area contributed by atoms with Crippen molar-refractivity contribution in [1.82, 2.24) is 4.98 Å². The smallest absolute Gasteiger partial charge is 0.220 e. The number of aromatic nitrogens is 1. The molecule has 1 aromatic rings. The summed E-state index contributed by atoms with van der Waals surface area (Å²) in [6, 6.07) is 3.18. The molecule has 5 heteroatoms. The van der Waals surface area contributed by atoms with Gasteiger partial charge < -0.3 is 5.11 Å². The lowest BCUT2D eigenvalue weighted by Gasteiger charge is -2.18. The van der Waals surface area contributed by atoms with E-state index in [0.717, 1.165) is 0 Å². The van der Waals surface area contributed by atoms with Crippen molar-refractivity contribution >= 4 is 34.8 Å².